The number of halogens is 1. The lowest BCUT2D eigenvalue weighted by Crippen LogP contribution is -2.28. The van der Waals surface area contributed by atoms with E-state index in [9.17, 15) is 4.79 Å². The first-order valence-electron chi connectivity index (χ1n) is 6.45. The number of nitrogens with zero attached hydrogens (tertiary/aromatic N) is 1. The Labute approximate surface area is 124 Å². The summed E-state index contributed by atoms with van der Waals surface area (Å²) in [7, 11) is 1.71. The quantitative estimate of drug-likeness (QED) is 0.874. The SMILES string of the molecule is CCc1ccccc1C(=O)N(C)c1cc(Cl)ccc1N. The van der Waals surface area contributed by atoms with Crippen LogP contribution < -0.4 is 10.6 Å². The van der Waals surface area contributed by atoms with Gasteiger partial charge >= 0.3 is 0 Å². The van der Waals surface area contributed by atoms with Crippen LogP contribution in [0.4, 0.5) is 11.4 Å². The minimum atomic E-state index is -0.0867. The highest BCUT2D eigenvalue weighted by molar-refractivity contribution is 6.31. The van der Waals surface area contributed by atoms with Crippen LogP contribution in [0.2, 0.25) is 5.02 Å². The van der Waals surface area contributed by atoms with Crippen molar-refractivity contribution in [3.8, 4) is 0 Å². The molecule has 0 aliphatic heterocycles. The highest BCUT2D eigenvalue weighted by atomic mass is 35.5. The smallest absolute Gasteiger partial charge is 0.258 e. The van der Waals surface area contributed by atoms with Crippen LogP contribution in [0.5, 0.6) is 0 Å². The normalized spacial score (nSPS) is 10.3. The van der Waals surface area contributed by atoms with E-state index in [-0.39, 0.29) is 5.91 Å². The third kappa shape index (κ3) is 2.78. The van der Waals surface area contributed by atoms with Crippen LogP contribution in [0.3, 0.4) is 0 Å². The lowest BCUT2D eigenvalue weighted by Gasteiger charge is -2.20. The molecule has 0 saturated carbocycles. The number of carbonyl (C=O) groups is 1. The van der Waals surface area contributed by atoms with Gasteiger partial charge in [0, 0.05) is 17.6 Å². The number of amides is 1. The van der Waals surface area contributed by atoms with E-state index in [1.165, 1.54) is 4.90 Å². The van der Waals surface area contributed by atoms with Crippen molar-refractivity contribution in [2.45, 2.75) is 13.3 Å². The molecular weight excluding hydrogens is 272 g/mol. The van der Waals surface area contributed by atoms with Crippen molar-refractivity contribution in [2.24, 2.45) is 0 Å². The van der Waals surface area contributed by atoms with Gasteiger partial charge in [0.25, 0.3) is 5.91 Å². The number of aryl methyl sites for hydroxylation is 1. The van der Waals surface area contributed by atoms with Crippen molar-refractivity contribution in [2.75, 3.05) is 17.7 Å². The second kappa shape index (κ2) is 5.97. The van der Waals surface area contributed by atoms with E-state index >= 15 is 0 Å². The molecule has 0 atom stereocenters. The van der Waals surface area contributed by atoms with Crippen molar-refractivity contribution in [3.63, 3.8) is 0 Å². The molecule has 0 unspecified atom stereocenters. The van der Waals surface area contributed by atoms with Gasteiger partial charge in [-0.2, -0.15) is 0 Å². The van der Waals surface area contributed by atoms with Crippen LogP contribution in [0.15, 0.2) is 42.5 Å². The predicted molar refractivity (Wildman–Crippen MR) is 84.4 cm³/mol. The summed E-state index contributed by atoms with van der Waals surface area (Å²) in [5.74, 6) is -0.0867. The topological polar surface area (TPSA) is 46.3 Å². The fourth-order valence-electron chi connectivity index (χ4n) is 2.13. The Balaban J connectivity index is 2.40. The van der Waals surface area contributed by atoms with Crippen molar-refractivity contribution in [1.82, 2.24) is 0 Å². The molecule has 0 fully saturated rings. The maximum absolute atomic E-state index is 12.6. The Morgan fingerprint density at radius 1 is 1.25 bits per heavy atom. The summed E-state index contributed by atoms with van der Waals surface area (Å²) in [6.07, 6.45) is 0.806. The highest BCUT2D eigenvalue weighted by Crippen LogP contribution is 2.27. The Hall–Kier alpha value is -2.00. The Kier molecular flexibility index (Phi) is 4.30. The van der Waals surface area contributed by atoms with Gasteiger partial charge in [-0.1, -0.05) is 36.7 Å². The van der Waals surface area contributed by atoms with Crippen LogP contribution >= 0.6 is 11.6 Å². The van der Waals surface area contributed by atoms with E-state index in [4.69, 9.17) is 17.3 Å². The fraction of sp³-hybridized carbons (Fsp3) is 0.188. The van der Waals surface area contributed by atoms with Gasteiger partial charge in [0.2, 0.25) is 0 Å². The summed E-state index contributed by atoms with van der Waals surface area (Å²) in [6, 6.07) is 12.7. The Morgan fingerprint density at radius 3 is 2.65 bits per heavy atom. The zero-order chi connectivity index (χ0) is 14.7. The van der Waals surface area contributed by atoms with Gasteiger partial charge in [-0.05, 0) is 36.2 Å². The first-order chi connectivity index (χ1) is 9.54. The van der Waals surface area contributed by atoms with Gasteiger partial charge in [0.05, 0.1) is 11.4 Å². The van der Waals surface area contributed by atoms with Gasteiger partial charge < -0.3 is 10.6 Å². The number of nitrogen functional groups attached to an aromatic ring is 1. The molecule has 3 nitrogen and oxygen atoms in total. The molecule has 0 saturated heterocycles. The average Bonchev–Trinajstić information content (AvgIpc) is 2.48. The molecule has 0 aromatic heterocycles. The summed E-state index contributed by atoms with van der Waals surface area (Å²) < 4.78 is 0. The molecule has 104 valence electrons. The summed E-state index contributed by atoms with van der Waals surface area (Å²) in [5.41, 5.74) is 8.78. The molecule has 4 heteroatoms. The molecule has 0 heterocycles. The van der Waals surface area contributed by atoms with Crippen molar-refractivity contribution in [1.29, 1.82) is 0 Å². The molecule has 2 aromatic rings. The molecule has 2 aromatic carbocycles. The molecule has 1 amide bonds. The van der Waals surface area contributed by atoms with Crippen molar-refractivity contribution >= 4 is 28.9 Å². The van der Waals surface area contributed by atoms with Crippen LogP contribution in [-0.4, -0.2) is 13.0 Å². The molecule has 0 aliphatic rings. The fourth-order valence-corrected chi connectivity index (χ4v) is 2.30. The molecular formula is C16H17ClN2O. The van der Waals surface area contributed by atoms with Crippen LogP contribution in [-0.2, 0) is 6.42 Å². The first kappa shape index (κ1) is 14.4. The lowest BCUT2D eigenvalue weighted by molar-refractivity contribution is 0.0992. The predicted octanol–water partition coefficient (Wildman–Crippen LogP) is 3.76. The van der Waals surface area contributed by atoms with Crippen LogP contribution in [0.1, 0.15) is 22.8 Å². The zero-order valence-corrected chi connectivity index (χ0v) is 12.3. The largest absolute Gasteiger partial charge is 0.397 e. The minimum Gasteiger partial charge on any atom is -0.397 e. The summed E-state index contributed by atoms with van der Waals surface area (Å²) >= 11 is 5.98. The van der Waals surface area contributed by atoms with Gasteiger partial charge in [-0.15, -0.1) is 0 Å². The lowest BCUT2D eigenvalue weighted by atomic mass is 10.0. The number of anilines is 2. The maximum atomic E-state index is 12.6. The third-order valence-electron chi connectivity index (χ3n) is 3.29. The van der Waals surface area contributed by atoms with E-state index in [2.05, 4.69) is 0 Å². The first-order valence-corrected chi connectivity index (χ1v) is 6.83. The molecule has 2 rings (SSSR count). The molecule has 0 aliphatic carbocycles. The molecule has 2 N–H and O–H groups in total. The molecule has 0 bridgehead atoms. The molecule has 0 radical (unpaired) electrons. The number of rotatable bonds is 3. The number of carbonyl (C=O) groups excluding carboxylic acids is 1. The maximum Gasteiger partial charge on any atom is 0.258 e. The van der Waals surface area contributed by atoms with E-state index in [1.54, 1.807) is 25.2 Å². The minimum absolute atomic E-state index is 0.0867. The van der Waals surface area contributed by atoms with Crippen molar-refractivity contribution in [3.05, 3.63) is 58.6 Å². The Bertz CT molecular complexity index is 640. The van der Waals surface area contributed by atoms with E-state index < -0.39 is 0 Å². The van der Waals surface area contributed by atoms with Crippen LogP contribution in [0.25, 0.3) is 0 Å². The summed E-state index contributed by atoms with van der Waals surface area (Å²) in [6.45, 7) is 2.03. The van der Waals surface area contributed by atoms with Crippen LogP contribution in [0, 0.1) is 0 Å². The summed E-state index contributed by atoms with van der Waals surface area (Å²) in [4.78, 5) is 14.2. The standard InChI is InChI=1S/C16H17ClN2O/c1-3-11-6-4-5-7-13(11)16(20)19(2)15-10-12(17)8-9-14(15)18/h4-10H,3,18H2,1-2H3. The van der Waals surface area contributed by atoms with E-state index in [0.29, 0.717) is 22.0 Å². The van der Waals surface area contributed by atoms with Gasteiger partial charge in [0.15, 0.2) is 0 Å². The van der Waals surface area contributed by atoms with Gasteiger partial charge in [-0.25, -0.2) is 0 Å². The number of benzene rings is 2. The number of nitrogens with two attached hydrogens (primary N) is 1. The Morgan fingerprint density at radius 2 is 1.95 bits per heavy atom. The zero-order valence-electron chi connectivity index (χ0n) is 11.6. The second-order valence-electron chi connectivity index (χ2n) is 4.58. The van der Waals surface area contributed by atoms with E-state index in [0.717, 1.165) is 12.0 Å². The number of hydrogen-bond donors (Lipinski definition) is 1. The highest BCUT2D eigenvalue weighted by Gasteiger charge is 2.18. The second-order valence-corrected chi connectivity index (χ2v) is 5.01. The molecule has 0 spiro atoms. The average molecular weight is 289 g/mol. The number of hydrogen-bond acceptors (Lipinski definition) is 2. The van der Waals surface area contributed by atoms with Gasteiger partial charge in [-0.3, -0.25) is 4.79 Å². The molecule has 20 heavy (non-hydrogen) atoms. The third-order valence-corrected chi connectivity index (χ3v) is 3.52. The summed E-state index contributed by atoms with van der Waals surface area (Å²) in [5, 5.41) is 0.553. The van der Waals surface area contributed by atoms with Gasteiger partial charge in [0.1, 0.15) is 0 Å². The van der Waals surface area contributed by atoms with E-state index in [1.807, 2.05) is 31.2 Å². The monoisotopic (exact) mass is 288 g/mol. The van der Waals surface area contributed by atoms with Crippen molar-refractivity contribution < 1.29 is 4.79 Å².